The van der Waals surface area contributed by atoms with Crippen molar-refractivity contribution in [2.24, 2.45) is 5.73 Å². The van der Waals surface area contributed by atoms with Gasteiger partial charge < -0.3 is 10.5 Å². The molecule has 1 atom stereocenters. The first-order valence-electron chi connectivity index (χ1n) is 6.10. The average molecular weight is 400 g/mol. The summed E-state index contributed by atoms with van der Waals surface area (Å²) in [7, 11) is 0. The van der Waals surface area contributed by atoms with Crippen LogP contribution in [0, 0.1) is 0 Å². The molecule has 1 rings (SSSR count). The predicted octanol–water partition coefficient (Wildman–Crippen LogP) is 3.63. The molecule has 0 aliphatic heterocycles. The van der Waals surface area contributed by atoms with Crippen LogP contribution in [0.15, 0.2) is 14.3 Å². The third-order valence-electron chi connectivity index (χ3n) is 2.79. The maximum atomic E-state index is 5.94. The van der Waals surface area contributed by atoms with E-state index >= 15 is 0 Å². The van der Waals surface area contributed by atoms with Crippen LogP contribution in [-0.4, -0.2) is 37.7 Å². The van der Waals surface area contributed by atoms with Crippen molar-refractivity contribution in [3.05, 3.63) is 19.2 Å². The van der Waals surface area contributed by atoms with Gasteiger partial charge in [-0.15, -0.1) is 11.3 Å². The van der Waals surface area contributed by atoms with Gasteiger partial charge in [0.05, 0.1) is 16.4 Å². The maximum Gasteiger partial charge on any atom is 0.0843 e. The molecule has 0 saturated heterocycles. The third kappa shape index (κ3) is 4.58. The smallest absolute Gasteiger partial charge is 0.0843 e. The number of hydrogen-bond acceptors (Lipinski definition) is 4. The summed E-state index contributed by atoms with van der Waals surface area (Å²) in [6.45, 7) is 8.22. The van der Waals surface area contributed by atoms with E-state index < -0.39 is 0 Å². The van der Waals surface area contributed by atoms with Crippen molar-refractivity contribution in [1.82, 2.24) is 4.90 Å². The molecule has 0 amide bonds. The van der Waals surface area contributed by atoms with E-state index in [1.807, 2.05) is 6.92 Å². The summed E-state index contributed by atoms with van der Waals surface area (Å²) < 4.78 is 7.65. The van der Waals surface area contributed by atoms with Gasteiger partial charge in [0, 0.05) is 29.0 Å². The van der Waals surface area contributed by atoms with Crippen LogP contribution in [0.1, 0.15) is 24.8 Å². The number of likely N-dealkylation sites (N-methyl/N-ethyl adjacent to an activating group) is 1. The molecule has 1 aromatic heterocycles. The minimum atomic E-state index is 0.267. The Balaban J connectivity index is 2.72. The molecular weight excluding hydrogens is 380 g/mol. The molecule has 6 heteroatoms. The highest BCUT2D eigenvalue weighted by Gasteiger charge is 2.20. The molecule has 0 bridgehead atoms. The highest BCUT2D eigenvalue weighted by molar-refractivity contribution is 9.13. The number of nitrogens with zero attached hydrogens (tertiary/aromatic N) is 1. The minimum Gasteiger partial charge on any atom is -0.380 e. The molecule has 1 heterocycles. The number of halogens is 2. The Morgan fingerprint density at radius 2 is 2.17 bits per heavy atom. The largest absolute Gasteiger partial charge is 0.380 e. The van der Waals surface area contributed by atoms with Crippen molar-refractivity contribution < 1.29 is 4.74 Å². The van der Waals surface area contributed by atoms with Crippen LogP contribution in [0.2, 0.25) is 0 Å². The predicted molar refractivity (Wildman–Crippen MR) is 85.3 cm³/mol. The molecular formula is C12H20Br2N2OS. The monoisotopic (exact) mass is 398 g/mol. The van der Waals surface area contributed by atoms with Crippen molar-refractivity contribution in [2.45, 2.75) is 19.9 Å². The fourth-order valence-corrected chi connectivity index (χ4v) is 4.07. The summed E-state index contributed by atoms with van der Waals surface area (Å²) in [5.41, 5.74) is 5.94. The van der Waals surface area contributed by atoms with Gasteiger partial charge in [-0.2, -0.15) is 0 Å². The SMILES string of the molecule is CCOCCN(CC)C(CN)c1cc(Br)c(Br)s1. The van der Waals surface area contributed by atoms with Gasteiger partial charge in [-0.05, 0) is 51.4 Å². The topological polar surface area (TPSA) is 38.5 Å². The highest BCUT2D eigenvalue weighted by Crippen LogP contribution is 2.36. The van der Waals surface area contributed by atoms with Crippen LogP contribution in [0.3, 0.4) is 0 Å². The Morgan fingerprint density at radius 3 is 2.61 bits per heavy atom. The van der Waals surface area contributed by atoms with Crippen molar-refractivity contribution in [1.29, 1.82) is 0 Å². The lowest BCUT2D eigenvalue weighted by Crippen LogP contribution is -2.35. The fourth-order valence-electron chi connectivity index (χ4n) is 1.83. The Hall–Kier alpha value is 0.540. The van der Waals surface area contributed by atoms with Crippen LogP contribution in [0.5, 0.6) is 0 Å². The number of nitrogens with two attached hydrogens (primary N) is 1. The average Bonchev–Trinajstić information content (AvgIpc) is 2.68. The Labute approximate surface area is 130 Å². The van der Waals surface area contributed by atoms with E-state index in [0.29, 0.717) is 6.54 Å². The Morgan fingerprint density at radius 1 is 1.44 bits per heavy atom. The molecule has 0 aromatic carbocycles. The number of ether oxygens (including phenoxy) is 1. The van der Waals surface area contributed by atoms with E-state index in [1.165, 1.54) is 4.88 Å². The van der Waals surface area contributed by atoms with Gasteiger partial charge in [0.25, 0.3) is 0 Å². The number of rotatable bonds is 8. The van der Waals surface area contributed by atoms with E-state index in [4.69, 9.17) is 10.5 Å². The van der Waals surface area contributed by atoms with E-state index in [-0.39, 0.29) is 6.04 Å². The van der Waals surface area contributed by atoms with Gasteiger partial charge in [0.2, 0.25) is 0 Å². The molecule has 0 aliphatic rings. The molecule has 0 spiro atoms. The minimum absolute atomic E-state index is 0.267. The quantitative estimate of drug-likeness (QED) is 0.678. The van der Waals surface area contributed by atoms with Crippen molar-refractivity contribution in [3.8, 4) is 0 Å². The summed E-state index contributed by atoms with van der Waals surface area (Å²) >= 11 is 8.80. The van der Waals surface area contributed by atoms with E-state index in [1.54, 1.807) is 11.3 Å². The normalized spacial score (nSPS) is 13.2. The first kappa shape index (κ1) is 16.6. The zero-order valence-electron chi connectivity index (χ0n) is 10.8. The Kier molecular flexibility index (Phi) is 7.98. The number of hydrogen-bond donors (Lipinski definition) is 1. The molecule has 0 radical (unpaired) electrons. The zero-order chi connectivity index (χ0) is 13.5. The van der Waals surface area contributed by atoms with Crippen molar-refractivity contribution >= 4 is 43.2 Å². The van der Waals surface area contributed by atoms with Gasteiger partial charge in [0.1, 0.15) is 0 Å². The molecule has 104 valence electrons. The second-order valence-corrected chi connectivity index (χ2v) is 7.10. The first-order valence-corrected chi connectivity index (χ1v) is 8.50. The summed E-state index contributed by atoms with van der Waals surface area (Å²) in [4.78, 5) is 3.65. The lowest BCUT2D eigenvalue weighted by Gasteiger charge is -2.28. The van der Waals surface area contributed by atoms with Gasteiger partial charge in [-0.1, -0.05) is 6.92 Å². The first-order chi connectivity index (χ1) is 8.63. The summed E-state index contributed by atoms with van der Waals surface area (Å²) in [5.74, 6) is 0. The molecule has 2 N–H and O–H groups in total. The molecule has 0 saturated carbocycles. The molecule has 18 heavy (non-hydrogen) atoms. The van der Waals surface area contributed by atoms with Crippen LogP contribution in [-0.2, 0) is 4.74 Å². The zero-order valence-corrected chi connectivity index (χ0v) is 14.8. The second kappa shape index (κ2) is 8.66. The van der Waals surface area contributed by atoms with Gasteiger partial charge in [0.15, 0.2) is 0 Å². The van der Waals surface area contributed by atoms with E-state index in [2.05, 4.69) is 49.7 Å². The number of thiophene rings is 1. The van der Waals surface area contributed by atoms with Gasteiger partial charge in [-0.25, -0.2) is 0 Å². The molecule has 3 nitrogen and oxygen atoms in total. The summed E-state index contributed by atoms with van der Waals surface area (Å²) in [6.07, 6.45) is 0. The lowest BCUT2D eigenvalue weighted by atomic mass is 10.2. The van der Waals surface area contributed by atoms with Crippen LogP contribution in [0.4, 0.5) is 0 Å². The van der Waals surface area contributed by atoms with Gasteiger partial charge >= 0.3 is 0 Å². The fraction of sp³-hybridized carbons (Fsp3) is 0.667. The third-order valence-corrected chi connectivity index (χ3v) is 6.15. The molecule has 1 aromatic rings. The van der Waals surface area contributed by atoms with Crippen molar-refractivity contribution in [3.63, 3.8) is 0 Å². The van der Waals surface area contributed by atoms with E-state index in [0.717, 1.165) is 34.6 Å². The van der Waals surface area contributed by atoms with E-state index in [9.17, 15) is 0 Å². The molecule has 1 unspecified atom stereocenters. The van der Waals surface area contributed by atoms with Crippen LogP contribution >= 0.6 is 43.2 Å². The van der Waals surface area contributed by atoms with Crippen LogP contribution < -0.4 is 5.73 Å². The molecule has 0 aliphatic carbocycles. The summed E-state index contributed by atoms with van der Waals surface area (Å²) in [6, 6.07) is 2.42. The Bertz CT molecular complexity index is 340. The highest BCUT2D eigenvalue weighted by atomic mass is 79.9. The lowest BCUT2D eigenvalue weighted by molar-refractivity contribution is 0.0988. The summed E-state index contributed by atoms with van der Waals surface area (Å²) in [5, 5.41) is 0. The maximum absolute atomic E-state index is 5.94. The second-order valence-electron chi connectivity index (χ2n) is 3.85. The van der Waals surface area contributed by atoms with Crippen LogP contribution in [0.25, 0.3) is 0 Å². The van der Waals surface area contributed by atoms with Gasteiger partial charge in [-0.3, -0.25) is 4.90 Å². The molecule has 0 fully saturated rings. The van der Waals surface area contributed by atoms with Crippen molar-refractivity contribution in [2.75, 3.05) is 32.8 Å². The standard InChI is InChI=1S/C12H20Br2N2OS/c1-3-16(5-6-17-4-2)10(8-15)11-7-9(13)12(14)18-11/h7,10H,3-6,8,15H2,1-2H3.